The van der Waals surface area contributed by atoms with Crippen LogP contribution in [0.5, 0.6) is 11.5 Å². The first-order chi connectivity index (χ1) is 13.1. The highest BCUT2D eigenvalue weighted by molar-refractivity contribution is 5.77. The molecule has 1 aliphatic carbocycles. The average Bonchev–Trinajstić information content (AvgIpc) is 2.74. The summed E-state index contributed by atoms with van der Waals surface area (Å²) >= 11 is 0. The summed E-state index contributed by atoms with van der Waals surface area (Å²) in [5.74, 6) is 7.67. The van der Waals surface area contributed by atoms with Gasteiger partial charge in [0.05, 0.1) is 19.9 Å². The van der Waals surface area contributed by atoms with E-state index in [1.807, 2.05) is 24.4 Å². The van der Waals surface area contributed by atoms with E-state index >= 15 is 0 Å². The lowest BCUT2D eigenvalue weighted by Gasteiger charge is -2.23. The number of aliphatic hydroxyl groups excluding tert-OH is 1. The minimum atomic E-state index is 0.608. The van der Waals surface area contributed by atoms with E-state index in [9.17, 15) is 4.79 Å². The molecule has 0 fully saturated rings. The van der Waals surface area contributed by atoms with Crippen LogP contribution in [0.3, 0.4) is 0 Å². The maximum atomic E-state index is 10.9. The van der Waals surface area contributed by atoms with Crippen molar-refractivity contribution in [2.45, 2.75) is 19.3 Å². The van der Waals surface area contributed by atoms with Crippen LogP contribution < -0.4 is 20.3 Å². The Morgan fingerprint density at radius 3 is 2.33 bits per heavy atom. The normalized spacial score (nSPS) is 13.9. The third kappa shape index (κ3) is 4.87. The summed E-state index contributed by atoms with van der Waals surface area (Å²) in [6.07, 6.45) is 5.45. The molecule has 0 spiro atoms. The van der Waals surface area contributed by atoms with Crippen LogP contribution in [0.25, 0.3) is 0 Å². The zero-order chi connectivity index (χ0) is 19.8. The van der Waals surface area contributed by atoms with Gasteiger partial charge in [-0.2, -0.15) is 0 Å². The number of rotatable bonds is 5. The summed E-state index contributed by atoms with van der Waals surface area (Å²) in [5, 5.41) is 8.58. The van der Waals surface area contributed by atoms with Crippen LogP contribution >= 0.6 is 0 Å². The highest BCUT2D eigenvalue weighted by atomic mass is 16.5. The number of carbonyl (C=O) groups is 1. The number of hydrogen-bond donors (Lipinski definition) is 2. The first kappa shape index (κ1) is 20.5. The lowest BCUT2D eigenvalue weighted by Crippen LogP contribution is -2.25. The molecule has 3 N–H and O–H groups in total. The molecule has 2 aromatic carbocycles. The molecule has 27 heavy (non-hydrogen) atoms. The van der Waals surface area contributed by atoms with Crippen LogP contribution in [0.1, 0.15) is 27.9 Å². The molecular weight excluding hydrogens is 344 g/mol. The van der Waals surface area contributed by atoms with Crippen LogP contribution in [0.4, 0.5) is 5.69 Å². The fraction of sp³-hybridized carbons (Fsp3) is 0.286. The molecule has 0 heterocycles. The maximum absolute atomic E-state index is 10.9. The molecule has 0 bridgehead atoms. The fourth-order valence-electron chi connectivity index (χ4n) is 3.13. The second-order valence-electron chi connectivity index (χ2n) is 6.06. The molecule has 0 aromatic heterocycles. The minimum Gasteiger partial charge on any atom is -0.493 e. The quantitative estimate of drug-likeness (QED) is 0.478. The number of hydrogen-bond acceptors (Lipinski definition) is 6. The monoisotopic (exact) mass is 370 g/mol. The second-order valence-corrected chi connectivity index (χ2v) is 6.06. The van der Waals surface area contributed by atoms with E-state index in [4.69, 9.17) is 20.4 Å². The number of aliphatic hydroxyl groups is 1. The molecule has 0 saturated carbocycles. The van der Waals surface area contributed by atoms with Gasteiger partial charge in [0.2, 0.25) is 0 Å². The van der Waals surface area contributed by atoms with E-state index in [1.54, 1.807) is 31.4 Å². The molecule has 6 nitrogen and oxygen atoms in total. The third-order valence-electron chi connectivity index (χ3n) is 4.46. The lowest BCUT2D eigenvalue weighted by atomic mass is 9.88. The van der Waals surface area contributed by atoms with Crippen molar-refractivity contribution in [1.29, 1.82) is 0 Å². The first-order valence-electron chi connectivity index (χ1n) is 8.62. The van der Waals surface area contributed by atoms with Gasteiger partial charge in [0.15, 0.2) is 11.5 Å². The van der Waals surface area contributed by atoms with Gasteiger partial charge in [-0.25, -0.2) is 5.84 Å². The number of nitrogens with two attached hydrogens (primary N) is 1. The van der Waals surface area contributed by atoms with Crippen LogP contribution in [0.15, 0.2) is 48.2 Å². The summed E-state index contributed by atoms with van der Waals surface area (Å²) in [7, 11) is 4.30. The molecule has 2 aromatic rings. The van der Waals surface area contributed by atoms with Crippen molar-refractivity contribution in [3.8, 4) is 11.5 Å². The van der Waals surface area contributed by atoms with Gasteiger partial charge in [0, 0.05) is 18.9 Å². The van der Waals surface area contributed by atoms with Crippen molar-refractivity contribution in [1.82, 2.24) is 0 Å². The average molecular weight is 370 g/mol. The topological polar surface area (TPSA) is 85.0 Å². The molecular formula is C21H26N2O4. The molecule has 0 atom stereocenters. The van der Waals surface area contributed by atoms with Gasteiger partial charge in [0.25, 0.3) is 0 Å². The second kappa shape index (κ2) is 9.75. The van der Waals surface area contributed by atoms with Gasteiger partial charge in [-0.15, -0.1) is 0 Å². The summed E-state index contributed by atoms with van der Waals surface area (Å²) < 4.78 is 10.8. The van der Waals surface area contributed by atoms with Crippen LogP contribution in [-0.4, -0.2) is 32.7 Å². The van der Waals surface area contributed by atoms with E-state index in [-0.39, 0.29) is 0 Å². The van der Waals surface area contributed by atoms with Crippen LogP contribution in [-0.2, 0) is 12.8 Å². The number of aryl methyl sites for hydroxylation is 1. The molecule has 6 heteroatoms. The van der Waals surface area contributed by atoms with Crippen molar-refractivity contribution in [3.05, 3.63) is 64.9 Å². The molecule has 1 aliphatic rings. The Balaban J connectivity index is 0.00000126. The Labute approximate surface area is 159 Å². The number of ether oxygens (including phenoxy) is 2. The van der Waals surface area contributed by atoms with E-state index in [2.05, 4.69) is 6.07 Å². The van der Waals surface area contributed by atoms with Crippen LogP contribution in [0.2, 0.25) is 0 Å². The predicted octanol–water partition coefficient (Wildman–Crippen LogP) is 2.88. The van der Waals surface area contributed by atoms with Gasteiger partial charge in [-0.3, -0.25) is 9.80 Å². The van der Waals surface area contributed by atoms with Gasteiger partial charge in [-0.05, 0) is 60.2 Å². The zero-order valence-electron chi connectivity index (χ0n) is 15.9. The Hall–Kier alpha value is -2.83. The van der Waals surface area contributed by atoms with Crippen LogP contribution in [0, 0.1) is 0 Å². The molecule has 0 saturated heterocycles. The number of fused-ring (bicyclic) bond motifs is 1. The summed E-state index contributed by atoms with van der Waals surface area (Å²) in [5.41, 5.74) is 5.14. The summed E-state index contributed by atoms with van der Waals surface area (Å²) in [6.45, 7) is 0. The SMILES string of the molecule is CO.COc1cc2c(cc1OC)C/C(=C\N(N)c1cccc(C=O)c1)CC2. The molecule has 0 amide bonds. The predicted molar refractivity (Wildman–Crippen MR) is 106 cm³/mol. The smallest absolute Gasteiger partial charge is 0.161 e. The highest BCUT2D eigenvalue weighted by Crippen LogP contribution is 2.35. The van der Waals surface area contributed by atoms with E-state index < -0.39 is 0 Å². The van der Waals surface area contributed by atoms with Crippen molar-refractivity contribution in [2.75, 3.05) is 26.3 Å². The summed E-state index contributed by atoms with van der Waals surface area (Å²) in [4.78, 5) is 10.9. The van der Waals surface area contributed by atoms with E-state index in [0.29, 0.717) is 5.56 Å². The van der Waals surface area contributed by atoms with E-state index in [1.165, 1.54) is 16.7 Å². The molecule has 0 radical (unpaired) electrons. The van der Waals surface area contributed by atoms with Gasteiger partial charge < -0.3 is 14.6 Å². The molecule has 0 unspecified atom stereocenters. The number of nitrogens with zero attached hydrogens (tertiary/aromatic N) is 1. The largest absolute Gasteiger partial charge is 0.493 e. The number of anilines is 1. The molecule has 144 valence electrons. The van der Waals surface area contributed by atoms with Crippen molar-refractivity contribution in [2.24, 2.45) is 5.84 Å². The molecule has 0 aliphatic heterocycles. The van der Waals surface area contributed by atoms with Gasteiger partial charge in [0.1, 0.15) is 6.29 Å². The maximum Gasteiger partial charge on any atom is 0.161 e. The summed E-state index contributed by atoms with van der Waals surface area (Å²) in [6, 6.07) is 11.3. The van der Waals surface area contributed by atoms with Crippen molar-refractivity contribution in [3.63, 3.8) is 0 Å². The number of carbonyl (C=O) groups excluding carboxylic acids is 1. The van der Waals surface area contributed by atoms with Crippen molar-refractivity contribution >= 4 is 12.0 Å². The van der Waals surface area contributed by atoms with E-state index in [0.717, 1.165) is 49.8 Å². The Kier molecular flexibility index (Phi) is 7.40. The number of hydrazine groups is 1. The third-order valence-corrected chi connectivity index (χ3v) is 4.46. The molecule has 3 rings (SSSR count). The number of allylic oxidation sites excluding steroid dienone is 1. The van der Waals surface area contributed by atoms with Gasteiger partial charge in [-0.1, -0.05) is 12.1 Å². The fourth-order valence-corrected chi connectivity index (χ4v) is 3.13. The van der Waals surface area contributed by atoms with Crippen molar-refractivity contribution < 1.29 is 19.4 Å². The minimum absolute atomic E-state index is 0.608. The number of benzene rings is 2. The Bertz CT molecular complexity index is 818. The lowest BCUT2D eigenvalue weighted by molar-refractivity contribution is 0.112. The zero-order valence-corrected chi connectivity index (χ0v) is 15.9. The standard InChI is InChI=1S/C20H22N2O3.CH4O/c1-24-19-10-16-7-6-14(8-17(16)11-20(19)25-2)12-22(21)18-5-3-4-15(9-18)13-23;1-2/h3-5,9-13H,6-8,21H2,1-2H3;2H,1H3/b14-12-;. The Morgan fingerprint density at radius 2 is 1.70 bits per heavy atom. The Morgan fingerprint density at radius 1 is 1.04 bits per heavy atom. The first-order valence-corrected chi connectivity index (χ1v) is 8.62. The van der Waals surface area contributed by atoms with Gasteiger partial charge >= 0.3 is 0 Å². The number of methoxy groups -OCH3 is 2. The highest BCUT2D eigenvalue weighted by Gasteiger charge is 2.17. The number of aldehydes is 1.